The summed E-state index contributed by atoms with van der Waals surface area (Å²) >= 11 is 1.44. The van der Waals surface area contributed by atoms with Crippen LogP contribution in [0, 0.1) is 11.8 Å². The Bertz CT molecular complexity index is 1060. The lowest BCUT2D eigenvalue weighted by molar-refractivity contribution is -0.137. The molecule has 1 N–H and O–H groups in total. The minimum absolute atomic E-state index is 0.0124. The third-order valence-corrected chi connectivity index (χ3v) is 6.57. The molecule has 3 heterocycles. The first-order chi connectivity index (χ1) is 14.9. The molecule has 8 heteroatoms. The van der Waals surface area contributed by atoms with Crippen molar-refractivity contribution < 1.29 is 9.59 Å². The van der Waals surface area contributed by atoms with E-state index in [1.54, 1.807) is 6.20 Å². The van der Waals surface area contributed by atoms with Crippen molar-refractivity contribution in [3.63, 3.8) is 0 Å². The first-order valence-electron chi connectivity index (χ1n) is 10.6. The van der Waals surface area contributed by atoms with Crippen LogP contribution >= 0.6 is 11.3 Å². The summed E-state index contributed by atoms with van der Waals surface area (Å²) in [7, 11) is 1.95. The van der Waals surface area contributed by atoms with E-state index in [0.29, 0.717) is 31.1 Å². The highest BCUT2D eigenvalue weighted by atomic mass is 32.1. The molecule has 0 aliphatic carbocycles. The van der Waals surface area contributed by atoms with Crippen molar-refractivity contribution in [2.24, 2.45) is 18.9 Å². The standard InChI is InChI=1S/C23H27N5O2S/c1-15(2)22(30)28-12-9-17(10-13-28)21(29)26-23-25-18(16-7-5-4-6-8-16)19(31-23)20-24-11-14-27(20)3/h4-8,11,14-15,17H,9-10,12-13H2,1-3H3,(H,25,26,29). The van der Waals surface area contributed by atoms with Crippen molar-refractivity contribution in [3.05, 3.63) is 42.7 Å². The fourth-order valence-corrected chi connectivity index (χ4v) is 4.87. The second-order valence-corrected chi connectivity index (χ2v) is 9.17. The van der Waals surface area contributed by atoms with Crippen LogP contribution in [-0.4, -0.2) is 44.3 Å². The molecule has 162 valence electrons. The van der Waals surface area contributed by atoms with Gasteiger partial charge < -0.3 is 14.8 Å². The van der Waals surface area contributed by atoms with Gasteiger partial charge in [0.05, 0.1) is 10.6 Å². The van der Waals surface area contributed by atoms with E-state index < -0.39 is 0 Å². The number of benzene rings is 1. The van der Waals surface area contributed by atoms with Gasteiger partial charge in [-0.25, -0.2) is 9.97 Å². The van der Waals surface area contributed by atoms with Crippen molar-refractivity contribution in [2.75, 3.05) is 18.4 Å². The van der Waals surface area contributed by atoms with E-state index in [2.05, 4.69) is 10.3 Å². The first-order valence-corrected chi connectivity index (χ1v) is 11.4. The van der Waals surface area contributed by atoms with Crippen LogP contribution in [0.3, 0.4) is 0 Å². The molecule has 1 fully saturated rings. The number of imidazole rings is 1. The predicted molar refractivity (Wildman–Crippen MR) is 123 cm³/mol. The van der Waals surface area contributed by atoms with Gasteiger partial charge in [-0.05, 0) is 12.8 Å². The Morgan fingerprint density at radius 2 is 1.87 bits per heavy atom. The van der Waals surface area contributed by atoms with Gasteiger partial charge in [-0.15, -0.1) is 0 Å². The first kappa shape index (κ1) is 21.2. The SMILES string of the molecule is CC(C)C(=O)N1CCC(C(=O)Nc2nc(-c3ccccc3)c(-c3nccn3C)s2)CC1. The third-order valence-electron chi connectivity index (χ3n) is 5.60. The molecule has 0 radical (unpaired) electrons. The van der Waals surface area contributed by atoms with E-state index in [0.717, 1.165) is 22.0 Å². The van der Waals surface area contributed by atoms with Gasteiger partial charge in [0.25, 0.3) is 0 Å². The number of carbonyl (C=O) groups is 2. The minimum Gasteiger partial charge on any atom is -0.342 e. The van der Waals surface area contributed by atoms with E-state index in [1.165, 1.54) is 11.3 Å². The van der Waals surface area contributed by atoms with Crippen LogP contribution in [0.25, 0.3) is 22.0 Å². The zero-order valence-electron chi connectivity index (χ0n) is 18.0. The molecule has 0 saturated carbocycles. The van der Waals surface area contributed by atoms with Crippen LogP contribution in [0.5, 0.6) is 0 Å². The topological polar surface area (TPSA) is 80.1 Å². The second-order valence-electron chi connectivity index (χ2n) is 8.17. The zero-order chi connectivity index (χ0) is 22.0. The molecule has 3 aromatic rings. The number of thiazole rings is 1. The molecule has 1 aliphatic heterocycles. The maximum absolute atomic E-state index is 12.9. The van der Waals surface area contributed by atoms with Gasteiger partial charge in [-0.2, -0.15) is 0 Å². The number of amides is 2. The largest absolute Gasteiger partial charge is 0.342 e. The number of carbonyl (C=O) groups excluding carboxylic acids is 2. The van der Waals surface area contributed by atoms with E-state index in [4.69, 9.17) is 4.98 Å². The normalized spacial score (nSPS) is 14.8. The average molecular weight is 438 g/mol. The van der Waals surface area contributed by atoms with Gasteiger partial charge in [0.1, 0.15) is 0 Å². The van der Waals surface area contributed by atoms with Crippen molar-refractivity contribution in [1.29, 1.82) is 0 Å². The van der Waals surface area contributed by atoms with Crippen LogP contribution < -0.4 is 5.32 Å². The Balaban J connectivity index is 1.52. The number of anilines is 1. The van der Waals surface area contributed by atoms with Crippen molar-refractivity contribution in [2.45, 2.75) is 26.7 Å². The maximum atomic E-state index is 12.9. The molecule has 0 atom stereocenters. The highest BCUT2D eigenvalue weighted by Gasteiger charge is 2.29. The Morgan fingerprint density at radius 1 is 1.16 bits per heavy atom. The Hall–Kier alpha value is -3.00. The van der Waals surface area contributed by atoms with Gasteiger partial charge in [-0.3, -0.25) is 9.59 Å². The lowest BCUT2D eigenvalue weighted by Gasteiger charge is -2.32. The molecular formula is C23H27N5O2S. The summed E-state index contributed by atoms with van der Waals surface area (Å²) in [5.41, 5.74) is 1.80. The number of rotatable bonds is 5. The Morgan fingerprint density at radius 3 is 2.48 bits per heavy atom. The molecule has 1 aliphatic rings. The van der Waals surface area contributed by atoms with Crippen molar-refractivity contribution >= 4 is 28.3 Å². The Kier molecular flexibility index (Phi) is 6.18. The minimum atomic E-state index is -0.114. The quantitative estimate of drug-likeness (QED) is 0.653. The molecule has 1 aromatic carbocycles. The summed E-state index contributed by atoms with van der Waals surface area (Å²) in [6.07, 6.45) is 5.00. The molecule has 2 aromatic heterocycles. The number of nitrogens with one attached hydrogen (secondary N) is 1. The van der Waals surface area contributed by atoms with E-state index in [-0.39, 0.29) is 23.7 Å². The molecule has 7 nitrogen and oxygen atoms in total. The number of aryl methyl sites for hydroxylation is 1. The van der Waals surface area contributed by atoms with E-state index >= 15 is 0 Å². The summed E-state index contributed by atoms with van der Waals surface area (Å²) in [4.78, 5) is 37.1. The Labute approximate surface area is 186 Å². The van der Waals surface area contributed by atoms with Gasteiger partial charge in [0.15, 0.2) is 11.0 Å². The molecular weight excluding hydrogens is 410 g/mol. The van der Waals surface area contributed by atoms with Gasteiger partial charge in [0, 0.05) is 49.9 Å². The fourth-order valence-electron chi connectivity index (χ4n) is 3.84. The van der Waals surface area contributed by atoms with E-state index in [1.807, 2.05) is 66.9 Å². The predicted octanol–water partition coefficient (Wildman–Crippen LogP) is 4.04. The molecule has 31 heavy (non-hydrogen) atoms. The second kappa shape index (κ2) is 9.01. The monoisotopic (exact) mass is 437 g/mol. The van der Waals surface area contributed by atoms with E-state index in [9.17, 15) is 9.59 Å². The molecule has 1 saturated heterocycles. The number of hydrogen-bond donors (Lipinski definition) is 1. The van der Waals surface area contributed by atoms with Crippen LogP contribution in [0.4, 0.5) is 5.13 Å². The number of aromatic nitrogens is 3. The number of likely N-dealkylation sites (tertiary alicyclic amines) is 1. The van der Waals surface area contributed by atoms with Crippen LogP contribution in [-0.2, 0) is 16.6 Å². The lowest BCUT2D eigenvalue weighted by atomic mass is 9.95. The maximum Gasteiger partial charge on any atom is 0.229 e. The molecule has 0 spiro atoms. The van der Waals surface area contributed by atoms with Crippen LogP contribution in [0.1, 0.15) is 26.7 Å². The average Bonchev–Trinajstić information content (AvgIpc) is 3.39. The molecule has 0 unspecified atom stereocenters. The summed E-state index contributed by atoms with van der Waals surface area (Å²) in [5.74, 6) is 0.818. The smallest absolute Gasteiger partial charge is 0.229 e. The van der Waals surface area contributed by atoms with Crippen molar-refractivity contribution in [1.82, 2.24) is 19.4 Å². The number of piperidine rings is 1. The van der Waals surface area contributed by atoms with Gasteiger partial charge >= 0.3 is 0 Å². The molecule has 4 rings (SSSR count). The van der Waals surface area contributed by atoms with Gasteiger partial charge in [0.2, 0.25) is 11.8 Å². The molecule has 2 amide bonds. The molecule has 0 bridgehead atoms. The van der Waals surface area contributed by atoms with Gasteiger partial charge in [-0.1, -0.05) is 55.5 Å². The fraction of sp³-hybridized carbons (Fsp3) is 0.391. The van der Waals surface area contributed by atoms with Crippen molar-refractivity contribution in [3.8, 4) is 22.0 Å². The zero-order valence-corrected chi connectivity index (χ0v) is 18.9. The highest BCUT2D eigenvalue weighted by molar-refractivity contribution is 7.19. The van der Waals surface area contributed by atoms with Crippen LogP contribution in [0.2, 0.25) is 0 Å². The highest BCUT2D eigenvalue weighted by Crippen LogP contribution is 2.38. The third kappa shape index (κ3) is 4.54. The lowest BCUT2D eigenvalue weighted by Crippen LogP contribution is -2.43. The summed E-state index contributed by atoms with van der Waals surface area (Å²) in [6.45, 7) is 5.07. The summed E-state index contributed by atoms with van der Waals surface area (Å²) < 4.78 is 1.95. The number of nitrogens with zero attached hydrogens (tertiary/aromatic N) is 4. The summed E-state index contributed by atoms with van der Waals surface area (Å²) in [5, 5.41) is 3.59. The number of hydrogen-bond acceptors (Lipinski definition) is 5. The van der Waals surface area contributed by atoms with Crippen LogP contribution in [0.15, 0.2) is 42.7 Å². The summed E-state index contributed by atoms with van der Waals surface area (Å²) in [6, 6.07) is 9.93.